The van der Waals surface area contributed by atoms with Crippen LogP contribution < -0.4 is 10.2 Å². The molecule has 0 radical (unpaired) electrons. The number of carbonyl (C=O) groups is 2. The Morgan fingerprint density at radius 2 is 1.79 bits per heavy atom. The van der Waals surface area contributed by atoms with Crippen LogP contribution in [0.2, 0.25) is 10.0 Å². The first-order valence-electron chi connectivity index (χ1n) is 10.4. The molecule has 33 heavy (non-hydrogen) atoms. The van der Waals surface area contributed by atoms with Crippen molar-refractivity contribution in [2.75, 3.05) is 4.90 Å². The maximum Gasteiger partial charge on any atom is 0.241 e. The van der Waals surface area contributed by atoms with Gasteiger partial charge in [-0.15, -0.1) is 11.8 Å². The quantitative estimate of drug-likeness (QED) is 0.443. The Morgan fingerprint density at radius 3 is 2.55 bits per heavy atom. The number of hydrogen-bond donors (Lipinski definition) is 1. The van der Waals surface area contributed by atoms with Gasteiger partial charge in [0, 0.05) is 21.5 Å². The van der Waals surface area contributed by atoms with Gasteiger partial charge in [0.25, 0.3) is 0 Å². The van der Waals surface area contributed by atoms with Crippen LogP contribution >= 0.6 is 35.0 Å². The standard InChI is InChI=1S/C25H21Cl2FN2O2S/c1-15(24(31)29-13-16-6-2-3-7-19(16)26)23-25(32)30(21-8-4-5-9-22(21)33-23)14-17-10-11-18(28)12-20(17)27/h2-12,15,23H,13-14H2,1H3,(H,29,31)/t15-,23+/m1/s1. The lowest BCUT2D eigenvalue weighted by Crippen LogP contribution is -2.47. The van der Waals surface area contributed by atoms with Gasteiger partial charge in [0.1, 0.15) is 11.1 Å². The molecule has 2 amide bonds. The highest BCUT2D eigenvalue weighted by molar-refractivity contribution is 8.01. The van der Waals surface area contributed by atoms with Crippen molar-refractivity contribution in [3.8, 4) is 0 Å². The number of thioether (sulfide) groups is 1. The number of para-hydroxylation sites is 1. The average Bonchev–Trinajstić information content (AvgIpc) is 2.81. The number of hydrogen-bond acceptors (Lipinski definition) is 3. The molecule has 0 fully saturated rings. The van der Waals surface area contributed by atoms with Crippen molar-refractivity contribution < 1.29 is 14.0 Å². The maximum absolute atomic E-state index is 13.5. The van der Waals surface area contributed by atoms with Crippen LogP contribution in [0.25, 0.3) is 0 Å². The number of nitrogens with one attached hydrogen (secondary N) is 1. The number of benzene rings is 3. The van der Waals surface area contributed by atoms with E-state index in [0.29, 0.717) is 10.6 Å². The van der Waals surface area contributed by atoms with Crippen molar-refractivity contribution in [3.63, 3.8) is 0 Å². The fourth-order valence-corrected chi connectivity index (χ4v) is 5.38. The van der Waals surface area contributed by atoms with Crippen LogP contribution in [0.15, 0.2) is 71.6 Å². The van der Waals surface area contributed by atoms with Gasteiger partial charge >= 0.3 is 0 Å². The van der Waals surface area contributed by atoms with E-state index >= 15 is 0 Å². The third-order valence-electron chi connectivity index (χ3n) is 5.54. The van der Waals surface area contributed by atoms with Crippen molar-refractivity contribution in [3.05, 3.63) is 93.7 Å². The number of amides is 2. The lowest BCUT2D eigenvalue weighted by molar-refractivity contribution is -0.128. The number of nitrogens with zero attached hydrogens (tertiary/aromatic N) is 1. The Balaban J connectivity index is 1.55. The molecule has 1 aliphatic heterocycles. The van der Waals surface area contributed by atoms with E-state index in [0.717, 1.165) is 16.1 Å². The van der Waals surface area contributed by atoms with Crippen molar-refractivity contribution in [2.45, 2.75) is 30.2 Å². The molecule has 2 atom stereocenters. The molecule has 0 spiro atoms. The van der Waals surface area contributed by atoms with Gasteiger partial charge in [-0.05, 0) is 41.5 Å². The largest absolute Gasteiger partial charge is 0.352 e. The van der Waals surface area contributed by atoms with Crippen molar-refractivity contribution in [2.24, 2.45) is 5.92 Å². The lowest BCUT2D eigenvalue weighted by atomic mass is 10.0. The first-order valence-corrected chi connectivity index (χ1v) is 12.0. The van der Waals surface area contributed by atoms with Crippen molar-refractivity contribution in [1.82, 2.24) is 5.32 Å². The highest BCUT2D eigenvalue weighted by atomic mass is 35.5. The second kappa shape index (κ2) is 10.2. The summed E-state index contributed by atoms with van der Waals surface area (Å²) in [4.78, 5) is 29.0. The van der Waals surface area contributed by atoms with Crippen LogP contribution in [0.5, 0.6) is 0 Å². The van der Waals surface area contributed by atoms with Gasteiger partial charge in [0.15, 0.2) is 0 Å². The average molecular weight is 503 g/mol. The van der Waals surface area contributed by atoms with E-state index < -0.39 is 17.0 Å². The minimum Gasteiger partial charge on any atom is -0.352 e. The summed E-state index contributed by atoms with van der Waals surface area (Å²) in [6.45, 7) is 2.20. The lowest BCUT2D eigenvalue weighted by Gasteiger charge is -2.36. The first-order chi connectivity index (χ1) is 15.8. The zero-order valence-corrected chi connectivity index (χ0v) is 20.1. The molecule has 1 N–H and O–H groups in total. The molecule has 1 heterocycles. The molecule has 0 aromatic heterocycles. The zero-order chi connectivity index (χ0) is 23.5. The molecule has 4 rings (SSSR count). The summed E-state index contributed by atoms with van der Waals surface area (Å²) < 4.78 is 13.5. The summed E-state index contributed by atoms with van der Waals surface area (Å²) in [6, 6.07) is 18.9. The van der Waals surface area contributed by atoms with Gasteiger partial charge in [-0.3, -0.25) is 9.59 Å². The molecule has 0 saturated heterocycles. The normalized spacial score (nSPS) is 16.3. The summed E-state index contributed by atoms with van der Waals surface area (Å²) in [6.07, 6.45) is 0. The minimum atomic E-state index is -0.620. The SMILES string of the molecule is C[C@@H](C(=O)NCc1ccccc1Cl)[C@@H]1Sc2ccccc2N(Cc2ccc(F)cc2Cl)C1=O. The van der Waals surface area contributed by atoms with Gasteiger partial charge < -0.3 is 10.2 Å². The van der Waals surface area contributed by atoms with E-state index in [2.05, 4.69) is 5.32 Å². The number of rotatable bonds is 6. The summed E-state index contributed by atoms with van der Waals surface area (Å²) in [5.41, 5.74) is 2.18. The third-order valence-corrected chi connectivity index (χ3v) is 7.73. The van der Waals surface area contributed by atoms with Gasteiger partial charge in [-0.2, -0.15) is 0 Å². The molecule has 0 unspecified atom stereocenters. The highest BCUT2D eigenvalue weighted by Crippen LogP contribution is 2.42. The molecular weight excluding hydrogens is 482 g/mol. The van der Waals surface area contributed by atoms with Crippen LogP contribution in [0.3, 0.4) is 0 Å². The van der Waals surface area contributed by atoms with E-state index in [-0.39, 0.29) is 29.9 Å². The van der Waals surface area contributed by atoms with E-state index in [1.807, 2.05) is 42.5 Å². The first kappa shape index (κ1) is 23.6. The predicted molar refractivity (Wildman–Crippen MR) is 131 cm³/mol. The second-order valence-electron chi connectivity index (χ2n) is 7.76. The Hall–Kier alpha value is -2.54. The summed E-state index contributed by atoms with van der Waals surface area (Å²) >= 11 is 13.8. The van der Waals surface area contributed by atoms with Gasteiger partial charge in [-0.25, -0.2) is 4.39 Å². The molecule has 0 aliphatic carbocycles. The van der Waals surface area contributed by atoms with Crippen LogP contribution in [-0.4, -0.2) is 17.1 Å². The van der Waals surface area contributed by atoms with Crippen LogP contribution in [0.1, 0.15) is 18.1 Å². The minimum absolute atomic E-state index is 0.181. The molecule has 170 valence electrons. The van der Waals surface area contributed by atoms with Crippen LogP contribution in [-0.2, 0) is 22.7 Å². The predicted octanol–water partition coefficient (Wildman–Crippen LogP) is 6.09. The van der Waals surface area contributed by atoms with Crippen LogP contribution in [0.4, 0.5) is 10.1 Å². The van der Waals surface area contributed by atoms with Gasteiger partial charge in [0.2, 0.25) is 11.8 Å². The number of carbonyl (C=O) groups excluding carboxylic acids is 2. The summed E-state index contributed by atoms with van der Waals surface area (Å²) in [5.74, 6) is -1.46. The Morgan fingerprint density at radius 1 is 1.06 bits per heavy atom. The number of anilines is 1. The number of halogens is 3. The van der Waals surface area contributed by atoms with Crippen molar-refractivity contribution in [1.29, 1.82) is 0 Å². The highest BCUT2D eigenvalue weighted by Gasteiger charge is 2.39. The summed E-state index contributed by atoms with van der Waals surface area (Å²) in [5, 5.41) is 3.10. The second-order valence-corrected chi connectivity index (χ2v) is 9.76. The van der Waals surface area contributed by atoms with E-state index in [1.165, 1.54) is 23.9 Å². The molecule has 8 heteroatoms. The van der Waals surface area contributed by atoms with Crippen molar-refractivity contribution >= 4 is 52.5 Å². The van der Waals surface area contributed by atoms with Gasteiger partial charge in [0.05, 0.1) is 18.2 Å². The van der Waals surface area contributed by atoms with Gasteiger partial charge in [-0.1, -0.05) is 66.5 Å². The molecule has 0 saturated carbocycles. The fourth-order valence-electron chi connectivity index (χ4n) is 3.66. The zero-order valence-electron chi connectivity index (χ0n) is 17.7. The smallest absolute Gasteiger partial charge is 0.241 e. The monoisotopic (exact) mass is 502 g/mol. The van der Waals surface area contributed by atoms with E-state index in [4.69, 9.17) is 23.2 Å². The third kappa shape index (κ3) is 5.18. The topological polar surface area (TPSA) is 49.4 Å². The Bertz CT molecular complexity index is 1210. The molecule has 0 bridgehead atoms. The molecule has 4 nitrogen and oxygen atoms in total. The van der Waals surface area contributed by atoms with E-state index in [1.54, 1.807) is 24.0 Å². The Labute approximate surface area is 206 Å². The maximum atomic E-state index is 13.5. The molecular formula is C25H21Cl2FN2O2S. The number of fused-ring (bicyclic) bond motifs is 1. The Kier molecular flexibility index (Phi) is 7.27. The summed E-state index contributed by atoms with van der Waals surface area (Å²) in [7, 11) is 0. The molecule has 1 aliphatic rings. The van der Waals surface area contributed by atoms with E-state index in [9.17, 15) is 14.0 Å². The van der Waals surface area contributed by atoms with Crippen LogP contribution in [0, 0.1) is 11.7 Å². The molecule has 3 aromatic rings. The molecule has 3 aromatic carbocycles. The fraction of sp³-hybridized carbons (Fsp3) is 0.200.